The van der Waals surface area contributed by atoms with Crippen molar-refractivity contribution in [3.8, 4) is 0 Å². The number of amides is 1. The largest absolute Gasteiger partial charge is 0.348 e. The van der Waals surface area contributed by atoms with Crippen LogP contribution in [0.5, 0.6) is 0 Å². The molecule has 1 aliphatic carbocycles. The number of nitrogens with zero attached hydrogens (tertiary/aromatic N) is 2. The zero-order valence-electron chi connectivity index (χ0n) is 15.9. The second-order valence-electron chi connectivity index (χ2n) is 7.55. The number of halogens is 1. The van der Waals surface area contributed by atoms with E-state index in [0.29, 0.717) is 16.3 Å². The molecule has 2 atom stereocenters. The van der Waals surface area contributed by atoms with Crippen LogP contribution in [0.2, 0.25) is 5.02 Å². The van der Waals surface area contributed by atoms with Crippen molar-refractivity contribution < 1.29 is 4.79 Å². The highest BCUT2D eigenvalue weighted by atomic mass is 35.5. The molecule has 0 unspecified atom stereocenters. The molecular weight excluding hydrogens is 394 g/mol. The molecule has 2 aromatic heterocycles. The summed E-state index contributed by atoms with van der Waals surface area (Å²) in [6, 6.07) is 7.18. The van der Waals surface area contributed by atoms with E-state index in [0.717, 1.165) is 35.2 Å². The minimum Gasteiger partial charge on any atom is -0.348 e. The summed E-state index contributed by atoms with van der Waals surface area (Å²) >= 11 is 7.64. The molecule has 1 aliphatic rings. The maximum Gasteiger partial charge on any atom is 0.262 e. The van der Waals surface area contributed by atoms with Crippen LogP contribution in [0.3, 0.4) is 0 Å². The maximum absolute atomic E-state index is 13.0. The zero-order valence-corrected chi connectivity index (χ0v) is 17.4. The molecule has 0 aliphatic heterocycles. The molecule has 5 nitrogen and oxygen atoms in total. The summed E-state index contributed by atoms with van der Waals surface area (Å²) in [5, 5.41) is 4.25. The number of fused-ring (bicyclic) bond motifs is 3. The first-order valence-corrected chi connectivity index (χ1v) is 10.7. The van der Waals surface area contributed by atoms with Crippen LogP contribution >= 0.6 is 22.9 Å². The van der Waals surface area contributed by atoms with Crippen molar-refractivity contribution in [3.05, 3.63) is 62.0 Å². The number of benzene rings is 1. The third-order valence-corrected chi connectivity index (χ3v) is 6.72. The number of hydrogen-bond acceptors (Lipinski definition) is 4. The summed E-state index contributed by atoms with van der Waals surface area (Å²) in [6.07, 6.45) is 4.49. The quantitative estimate of drug-likeness (QED) is 0.697. The van der Waals surface area contributed by atoms with Crippen molar-refractivity contribution in [2.75, 3.05) is 0 Å². The van der Waals surface area contributed by atoms with E-state index < -0.39 is 0 Å². The molecule has 0 spiro atoms. The molecule has 28 heavy (non-hydrogen) atoms. The van der Waals surface area contributed by atoms with Crippen molar-refractivity contribution in [2.24, 2.45) is 5.92 Å². The van der Waals surface area contributed by atoms with Gasteiger partial charge in [-0.05, 0) is 55.4 Å². The number of aryl methyl sites for hydroxylation is 1. The monoisotopic (exact) mass is 415 g/mol. The lowest BCUT2D eigenvalue weighted by molar-refractivity contribution is -0.122. The summed E-state index contributed by atoms with van der Waals surface area (Å²) in [5.74, 6) is 0.412. The van der Waals surface area contributed by atoms with Gasteiger partial charge in [0, 0.05) is 9.90 Å². The Bertz CT molecular complexity index is 1100. The minimum atomic E-state index is -0.228. The van der Waals surface area contributed by atoms with Crippen LogP contribution in [0.1, 0.15) is 42.3 Å². The van der Waals surface area contributed by atoms with Crippen LogP contribution in [0.15, 0.2) is 35.4 Å². The molecule has 0 fully saturated rings. The summed E-state index contributed by atoms with van der Waals surface area (Å²) in [6.45, 7) is 4.09. The van der Waals surface area contributed by atoms with Gasteiger partial charge in [0.25, 0.3) is 5.56 Å². The smallest absolute Gasteiger partial charge is 0.262 e. The number of nitrogens with one attached hydrogen (secondary N) is 1. The lowest BCUT2D eigenvalue weighted by Gasteiger charge is -2.17. The second kappa shape index (κ2) is 7.68. The molecule has 0 radical (unpaired) electrons. The predicted molar refractivity (Wildman–Crippen MR) is 113 cm³/mol. The van der Waals surface area contributed by atoms with E-state index in [9.17, 15) is 9.59 Å². The highest BCUT2D eigenvalue weighted by Gasteiger charge is 2.23. The second-order valence-corrected chi connectivity index (χ2v) is 9.07. The fraction of sp³-hybridized carbons (Fsp3) is 0.381. The van der Waals surface area contributed by atoms with Gasteiger partial charge in [-0.15, -0.1) is 11.3 Å². The summed E-state index contributed by atoms with van der Waals surface area (Å²) < 4.78 is 1.41. The molecule has 2 heterocycles. The van der Waals surface area contributed by atoms with Gasteiger partial charge in [-0.1, -0.05) is 30.7 Å². The number of hydrogen-bond donors (Lipinski definition) is 1. The summed E-state index contributed by atoms with van der Waals surface area (Å²) in [5.41, 5.74) is 1.93. The number of thiophene rings is 1. The van der Waals surface area contributed by atoms with Crippen LogP contribution in [0.25, 0.3) is 10.2 Å². The highest BCUT2D eigenvalue weighted by molar-refractivity contribution is 7.18. The van der Waals surface area contributed by atoms with Gasteiger partial charge in [0.05, 0.1) is 17.8 Å². The Morgan fingerprint density at radius 2 is 2.29 bits per heavy atom. The lowest BCUT2D eigenvalue weighted by atomic mass is 9.89. The van der Waals surface area contributed by atoms with Crippen molar-refractivity contribution >= 4 is 39.1 Å². The van der Waals surface area contributed by atoms with E-state index in [1.165, 1.54) is 15.8 Å². The molecule has 0 saturated carbocycles. The SMILES string of the molecule is C[C@@H]1CCc2c(sc3ncn(CC(=O)N[C@@H](C)c4cccc(Cl)c4)c(=O)c23)C1. The molecule has 146 valence electrons. The standard InChI is InChI=1S/C21H22ClN3O2S/c1-12-6-7-16-17(8-12)28-20-19(16)21(27)25(11-23-20)10-18(26)24-13(2)14-4-3-5-15(22)9-14/h3-5,9,11-13H,6-8,10H2,1-2H3,(H,24,26)/t12-,13+/m1/s1. The Morgan fingerprint density at radius 1 is 1.46 bits per heavy atom. The number of carbonyl (C=O) groups is 1. The Balaban J connectivity index is 1.55. The van der Waals surface area contributed by atoms with Crippen LogP contribution in [-0.4, -0.2) is 15.5 Å². The molecule has 0 saturated heterocycles. The molecule has 0 bridgehead atoms. The van der Waals surface area contributed by atoms with Gasteiger partial charge in [0.15, 0.2) is 0 Å². The Hall–Kier alpha value is -2.18. The third-order valence-electron chi connectivity index (χ3n) is 5.32. The van der Waals surface area contributed by atoms with Crippen molar-refractivity contribution in [3.63, 3.8) is 0 Å². The van der Waals surface area contributed by atoms with Gasteiger partial charge < -0.3 is 5.32 Å². The van der Waals surface area contributed by atoms with Crippen LogP contribution in [-0.2, 0) is 24.2 Å². The Morgan fingerprint density at radius 3 is 3.07 bits per heavy atom. The van der Waals surface area contributed by atoms with Crippen molar-refractivity contribution in [2.45, 2.75) is 45.7 Å². The van der Waals surface area contributed by atoms with E-state index in [-0.39, 0.29) is 24.1 Å². The topological polar surface area (TPSA) is 64.0 Å². The van der Waals surface area contributed by atoms with E-state index in [1.54, 1.807) is 17.4 Å². The van der Waals surface area contributed by atoms with Gasteiger partial charge in [-0.25, -0.2) is 4.98 Å². The minimum absolute atomic E-state index is 0.0479. The molecule has 4 rings (SSSR count). The van der Waals surface area contributed by atoms with Crippen molar-refractivity contribution in [1.82, 2.24) is 14.9 Å². The molecule has 1 amide bonds. The van der Waals surface area contributed by atoms with Gasteiger partial charge >= 0.3 is 0 Å². The lowest BCUT2D eigenvalue weighted by Crippen LogP contribution is -2.34. The van der Waals surface area contributed by atoms with Gasteiger partial charge in [0.1, 0.15) is 11.4 Å². The van der Waals surface area contributed by atoms with Gasteiger partial charge in [0.2, 0.25) is 5.91 Å². The summed E-state index contributed by atoms with van der Waals surface area (Å²) in [4.78, 5) is 32.0. The molecule has 3 aromatic rings. The number of aromatic nitrogens is 2. The fourth-order valence-electron chi connectivity index (χ4n) is 3.78. The average Bonchev–Trinajstić information content (AvgIpc) is 3.02. The molecule has 1 N–H and O–H groups in total. The van der Waals surface area contributed by atoms with E-state index >= 15 is 0 Å². The van der Waals surface area contributed by atoms with Gasteiger partial charge in [-0.2, -0.15) is 0 Å². The van der Waals surface area contributed by atoms with Gasteiger partial charge in [-0.3, -0.25) is 14.2 Å². The normalized spacial score (nSPS) is 17.3. The average molecular weight is 416 g/mol. The first-order valence-electron chi connectivity index (χ1n) is 9.47. The highest BCUT2D eigenvalue weighted by Crippen LogP contribution is 2.35. The number of rotatable bonds is 4. The summed E-state index contributed by atoms with van der Waals surface area (Å²) in [7, 11) is 0. The first kappa shape index (κ1) is 19.2. The van der Waals surface area contributed by atoms with Crippen molar-refractivity contribution in [1.29, 1.82) is 0 Å². The van der Waals surface area contributed by atoms with E-state index in [1.807, 2.05) is 25.1 Å². The molecule has 1 aromatic carbocycles. The van der Waals surface area contributed by atoms with E-state index in [2.05, 4.69) is 17.2 Å². The van der Waals surface area contributed by atoms with Crippen LogP contribution < -0.4 is 10.9 Å². The molecular formula is C21H22ClN3O2S. The zero-order chi connectivity index (χ0) is 19.8. The van der Waals surface area contributed by atoms with Crippen LogP contribution in [0, 0.1) is 5.92 Å². The Labute approximate surface area is 172 Å². The van der Waals surface area contributed by atoms with E-state index in [4.69, 9.17) is 11.6 Å². The maximum atomic E-state index is 13.0. The third kappa shape index (κ3) is 3.71. The first-order chi connectivity index (χ1) is 13.4. The fourth-order valence-corrected chi connectivity index (χ4v) is 5.32. The molecule has 7 heteroatoms. The Kier molecular flexibility index (Phi) is 5.25. The van der Waals surface area contributed by atoms with Crippen LogP contribution in [0.4, 0.5) is 0 Å². The predicted octanol–water partition coefficient (Wildman–Crippen LogP) is 4.11. The number of carbonyl (C=O) groups excluding carboxylic acids is 1.